The molecule has 0 N–H and O–H groups in total. The van der Waals surface area contributed by atoms with E-state index >= 15 is 0 Å². The third kappa shape index (κ3) is 1.83. The van der Waals surface area contributed by atoms with Gasteiger partial charge in [0.15, 0.2) is 8.32 Å². The third-order valence-electron chi connectivity index (χ3n) is 11.2. The molecule has 0 aromatic heterocycles. The van der Waals surface area contributed by atoms with Crippen LogP contribution in [-0.2, 0) is 18.8 Å². The summed E-state index contributed by atoms with van der Waals surface area (Å²) in [5, 5.41) is 0. The Balaban J connectivity index is 1.63. The molecule has 0 radical (unpaired) electrons. The zero-order valence-electron chi connectivity index (χ0n) is 19.2. The van der Waals surface area contributed by atoms with E-state index in [4.69, 9.17) is 9.16 Å². The Morgan fingerprint density at radius 2 is 1.97 bits per heavy atom. The fourth-order valence-electron chi connectivity index (χ4n) is 10.1. The lowest BCUT2D eigenvalue weighted by atomic mass is 9.35. The maximum Gasteiger partial charge on any atom is 0.312 e. The SMILES string of the molecule is COC(=O)C1C[C@@]23C(=O)[C@]45CC[C@@]2(C)[C@H](CCC2CCC1=C23)[C@H]4[Si](C)(C)OC[C@H]5C. The number of Topliss-reactive ketones (excluding diaryl/α,β-unsaturated/α-hetero) is 1. The van der Waals surface area contributed by atoms with Crippen LogP contribution in [0.15, 0.2) is 11.1 Å². The van der Waals surface area contributed by atoms with Crippen molar-refractivity contribution in [2.75, 3.05) is 13.7 Å². The Bertz CT molecular complexity index is 892. The molecule has 5 fully saturated rings. The first kappa shape index (κ1) is 19.7. The lowest BCUT2D eigenvalue weighted by Crippen LogP contribution is -2.74. The monoisotopic (exact) mass is 428 g/mol. The van der Waals surface area contributed by atoms with E-state index in [0.29, 0.717) is 29.6 Å². The fraction of sp³-hybridized carbons (Fsp3) is 0.840. The van der Waals surface area contributed by atoms with Crippen molar-refractivity contribution >= 4 is 20.1 Å². The lowest BCUT2D eigenvalue weighted by molar-refractivity contribution is -0.193. The van der Waals surface area contributed by atoms with Crippen molar-refractivity contribution in [3.8, 4) is 0 Å². The summed E-state index contributed by atoms with van der Waals surface area (Å²) in [6, 6.07) is 0. The molecule has 7 rings (SSSR count). The molecule has 164 valence electrons. The molecule has 4 bridgehead atoms. The zero-order valence-corrected chi connectivity index (χ0v) is 20.2. The first-order chi connectivity index (χ1) is 14.1. The molecule has 7 aliphatic rings. The molecule has 8 atom stereocenters. The second kappa shape index (κ2) is 5.69. The van der Waals surface area contributed by atoms with Gasteiger partial charge in [-0.15, -0.1) is 0 Å². The highest BCUT2D eigenvalue weighted by Crippen LogP contribution is 2.82. The molecule has 1 saturated heterocycles. The van der Waals surface area contributed by atoms with Crippen LogP contribution in [-0.4, -0.2) is 33.8 Å². The molecule has 30 heavy (non-hydrogen) atoms. The number of fused-ring (bicyclic) bond motifs is 1. The summed E-state index contributed by atoms with van der Waals surface area (Å²) < 4.78 is 11.8. The summed E-state index contributed by atoms with van der Waals surface area (Å²) in [6.07, 6.45) is 7.39. The molecule has 2 spiro atoms. The van der Waals surface area contributed by atoms with E-state index in [1.54, 1.807) is 0 Å². The molecule has 6 aliphatic carbocycles. The Morgan fingerprint density at radius 3 is 2.70 bits per heavy atom. The minimum atomic E-state index is -1.99. The Hall–Kier alpha value is -0.943. The summed E-state index contributed by atoms with van der Waals surface area (Å²) in [7, 11) is -0.482. The molecule has 0 amide bonds. The first-order valence-corrected chi connectivity index (χ1v) is 15.1. The fourth-order valence-corrected chi connectivity index (χ4v) is 14.3. The van der Waals surface area contributed by atoms with Crippen molar-refractivity contribution < 1.29 is 18.8 Å². The van der Waals surface area contributed by atoms with E-state index in [1.807, 2.05) is 0 Å². The van der Waals surface area contributed by atoms with Gasteiger partial charge in [-0.3, -0.25) is 9.59 Å². The van der Waals surface area contributed by atoms with E-state index < -0.39 is 13.7 Å². The van der Waals surface area contributed by atoms with Crippen molar-refractivity contribution in [2.45, 2.75) is 77.4 Å². The number of hydrogen-bond donors (Lipinski definition) is 0. The number of esters is 1. The zero-order chi connectivity index (χ0) is 21.3. The quantitative estimate of drug-likeness (QED) is 0.339. The number of ketones is 1. The van der Waals surface area contributed by atoms with Crippen LogP contribution in [0.4, 0.5) is 0 Å². The number of methoxy groups -OCH3 is 1. The number of carbonyl (C=O) groups is 2. The number of ether oxygens (including phenoxy) is 1. The molecule has 2 unspecified atom stereocenters. The molecule has 0 aromatic rings. The van der Waals surface area contributed by atoms with Crippen LogP contribution < -0.4 is 0 Å². The van der Waals surface area contributed by atoms with Gasteiger partial charge < -0.3 is 9.16 Å². The predicted octanol–water partition coefficient (Wildman–Crippen LogP) is 4.89. The third-order valence-corrected chi connectivity index (χ3v) is 14.5. The average molecular weight is 429 g/mol. The van der Waals surface area contributed by atoms with E-state index in [1.165, 1.54) is 31.1 Å². The van der Waals surface area contributed by atoms with Gasteiger partial charge in [-0.05, 0) is 86.7 Å². The molecule has 0 aromatic carbocycles. The van der Waals surface area contributed by atoms with Gasteiger partial charge in [0.1, 0.15) is 5.78 Å². The minimum Gasteiger partial charge on any atom is -0.469 e. The van der Waals surface area contributed by atoms with E-state index in [0.717, 1.165) is 32.3 Å². The van der Waals surface area contributed by atoms with E-state index in [-0.39, 0.29) is 28.6 Å². The van der Waals surface area contributed by atoms with Crippen LogP contribution in [0.5, 0.6) is 0 Å². The molecule has 5 heteroatoms. The molecule has 1 heterocycles. The van der Waals surface area contributed by atoms with Gasteiger partial charge in [0.2, 0.25) is 0 Å². The maximum absolute atomic E-state index is 15.0. The lowest BCUT2D eigenvalue weighted by Gasteiger charge is -2.72. The highest BCUT2D eigenvalue weighted by molar-refractivity contribution is 6.73. The van der Waals surface area contributed by atoms with Crippen molar-refractivity contribution in [2.24, 2.45) is 39.9 Å². The van der Waals surface area contributed by atoms with Crippen molar-refractivity contribution in [3.63, 3.8) is 0 Å². The van der Waals surface area contributed by atoms with Crippen molar-refractivity contribution in [1.29, 1.82) is 0 Å². The van der Waals surface area contributed by atoms with Gasteiger partial charge in [0.05, 0.1) is 18.4 Å². The largest absolute Gasteiger partial charge is 0.469 e. The molecule has 4 nitrogen and oxygen atoms in total. The number of carbonyl (C=O) groups excluding carboxylic acids is 2. The average Bonchev–Trinajstić information content (AvgIpc) is 3.25. The summed E-state index contributed by atoms with van der Waals surface area (Å²) >= 11 is 0. The molecular formula is C25H36O4Si. The molecule has 4 saturated carbocycles. The highest BCUT2D eigenvalue weighted by atomic mass is 28.4. The minimum absolute atomic E-state index is 0.0381. The van der Waals surface area contributed by atoms with Gasteiger partial charge in [-0.2, -0.15) is 0 Å². The van der Waals surface area contributed by atoms with Gasteiger partial charge >= 0.3 is 5.97 Å². The summed E-state index contributed by atoms with van der Waals surface area (Å²) in [5.41, 5.74) is 2.46. The van der Waals surface area contributed by atoms with Crippen LogP contribution in [0.1, 0.15) is 58.8 Å². The normalized spacial score (nSPS) is 52.7. The maximum atomic E-state index is 15.0. The van der Waals surface area contributed by atoms with Crippen LogP contribution >= 0.6 is 0 Å². The smallest absolute Gasteiger partial charge is 0.312 e. The molecular weight excluding hydrogens is 392 g/mol. The Kier molecular flexibility index (Phi) is 3.74. The van der Waals surface area contributed by atoms with Crippen LogP contribution in [0.3, 0.4) is 0 Å². The first-order valence-electron chi connectivity index (χ1n) is 12.2. The van der Waals surface area contributed by atoms with Gasteiger partial charge in [-0.25, -0.2) is 0 Å². The number of allylic oxidation sites excluding steroid dienone is 1. The Labute approximate surface area is 181 Å². The van der Waals surface area contributed by atoms with Crippen LogP contribution in [0, 0.1) is 39.9 Å². The van der Waals surface area contributed by atoms with Crippen LogP contribution in [0.2, 0.25) is 18.6 Å². The van der Waals surface area contributed by atoms with E-state index in [9.17, 15) is 9.59 Å². The van der Waals surface area contributed by atoms with Crippen molar-refractivity contribution in [1.82, 2.24) is 0 Å². The number of rotatable bonds is 1. The van der Waals surface area contributed by atoms with Crippen LogP contribution in [0.25, 0.3) is 0 Å². The summed E-state index contributed by atoms with van der Waals surface area (Å²) in [4.78, 5) is 27.8. The highest BCUT2D eigenvalue weighted by Gasteiger charge is 2.81. The topological polar surface area (TPSA) is 52.6 Å². The van der Waals surface area contributed by atoms with Crippen molar-refractivity contribution in [3.05, 3.63) is 11.1 Å². The van der Waals surface area contributed by atoms with Gasteiger partial charge in [-0.1, -0.05) is 25.0 Å². The Morgan fingerprint density at radius 1 is 1.20 bits per heavy atom. The predicted molar refractivity (Wildman–Crippen MR) is 116 cm³/mol. The van der Waals surface area contributed by atoms with E-state index in [2.05, 4.69) is 26.9 Å². The summed E-state index contributed by atoms with van der Waals surface area (Å²) in [5.74, 6) is 1.54. The number of hydrogen-bond acceptors (Lipinski definition) is 4. The van der Waals surface area contributed by atoms with Gasteiger partial charge in [0, 0.05) is 12.0 Å². The summed E-state index contributed by atoms with van der Waals surface area (Å²) in [6.45, 7) is 10.2. The standard InChI is InChI=1S/C25H36O4Si/c1-14-13-29-30(4,5)20-18-9-7-15-6-8-16-17(21(26)28-3)12-25(19(15)16)22(27)24(14,20)11-10-23(18,25)2/h14-15,17-18,20H,6-13H2,1-5H3/t14-,15?,17?,18-,20-,23+,24+,25-/m1/s1. The molecule has 1 aliphatic heterocycles. The second-order valence-electron chi connectivity index (χ2n) is 12.1. The van der Waals surface area contributed by atoms with Gasteiger partial charge in [0.25, 0.3) is 0 Å². The second-order valence-corrected chi connectivity index (χ2v) is 16.2.